The smallest absolute Gasteiger partial charge is 0.186 e. The van der Waals surface area contributed by atoms with Crippen LogP contribution in [0.1, 0.15) is 12.5 Å². The minimum Gasteiger partial charge on any atom is -0.475 e. The summed E-state index contributed by atoms with van der Waals surface area (Å²) >= 11 is 11.7. The van der Waals surface area contributed by atoms with Crippen LogP contribution in [0.2, 0.25) is 5.02 Å². The lowest BCUT2D eigenvalue weighted by atomic mass is 10.1. The Morgan fingerprint density at radius 2 is 2.25 bits per heavy atom. The molecule has 1 aromatic carbocycles. The fraction of sp³-hybridized carbons (Fsp3) is 0.250. The summed E-state index contributed by atoms with van der Waals surface area (Å²) in [6.45, 7) is 1.83. The average molecular weight is 259 g/mol. The molecule has 0 amide bonds. The van der Waals surface area contributed by atoms with E-state index in [1.165, 1.54) is 0 Å². The number of aldehydes is 1. The van der Waals surface area contributed by atoms with E-state index in [4.69, 9.17) is 27.9 Å². The van der Waals surface area contributed by atoms with Gasteiger partial charge in [-0.05, 0) is 48.2 Å². The maximum absolute atomic E-state index is 10.1. The molecule has 0 spiro atoms. The molecule has 0 aliphatic heterocycles. The number of allylic oxidation sites excluding steroid dienone is 1. The Balaban J connectivity index is 2.69. The van der Waals surface area contributed by atoms with Gasteiger partial charge in [0.1, 0.15) is 6.61 Å². The van der Waals surface area contributed by atoms with Gasteiger partial charge in [-0.25, -0.2) is 0 Å². The zero-order valence-corrected chi connectivity index (χ0v) is 10.4. The molecule has 1 aromatic rings. The van der Waals surface area contributed by atoms with E-state index in [-0.39, 0.29) is 11.8 Å². The second kappa shape index (κ2) is 6.56. The fourth-order valence-corrected chi connectivity index (χ4v) is 1.60. The third kappa shape index (κ3) is 4.25. The first kappa shape index (κ1) is 13.1. The molecule has 86 valence electrons. The van der Waals surface area contributed by atoms with Crippen molar-refractivity contribution in [3.05, 3.63) is 45.6 Å². The molecule has 4 heteroatoms. The minimum atomic E-state index is -0.0221. The van der Waals surface area contributed by atoms with Crippen molar-refractivity contribution in [3.8, 4) is 0 Å². The van der Waals surface area contributed by atoms with Crippen LogP contribution in [0.25, 0.3) is 0 Å². The molecule has 0 bridgehead atoms. The summed E-state index contributed by atoms with van der Waals surface area (Å²) in [6.07, 6.45) is 1.31. The Morgan fingerprint density at radius 3 is 2.88 bits per heavy atom. The first-order valence-corrected chi connectivity index (χ1v) is 5.55. The van der Waals surface area contributed by atoms with E-state index in [1.54, 1.807) is 0 Å². The second-order valence-electron chi connectivity index (χ2n) is 3.34. The standard InChI is InChI=1S/C12H12Cl2O2/c1-9(12(14)16-6-5-15)7-10-3-2-4-11(13)8-10/h2-5,8H,6-7H2,1H3/b12-9+. The van der Waals surface area contributed by atoms with Crippen LogP contribution >= 0.6 is 23.2 Å². The van der Waals surface area contributed by atoms with Gasteiger partial charge >= 0.3 is 0 Å². The SMILES string of the molecule is C/C(Cc1cccc(Cl)c1)=C(/Cl)OCC=O. The zero-order chi connectivity index (χ0) is 12.0. The van der Waals surface area contributed by atoms with Gasteiger partial charge in [0.15, 0.2) is 11.5 Å². The quantitative estimate of drug-likeness (QED) is 0.596. The highest BCUT2D eigenvalue weighted by Gasteiger charge is 2.02. The number of ether oxygens (including phenoxy) is 1. The topological polar surface area (TPSA) is 26.3 Å². The maximum atomic E-state index is 10.1. The van der Waals surface area contributed by atoms with E-state index >= 15 is 0 Å². The summed E-state index contributed by atoms with van der Waals surface area (Å²) < 4.78 is 5.00. The summed E-state index contributed by atoms with van der Waals surface area (Å²) in [4.78, 5) is 10.1. The first-order valence-electron chi connectivity index (χ1n) is 4.79. The van der Waals surface area contributed by atoms with Crippen molar-refractivity contribution in [1.29, 1.82) is 0 Å². The van der Waals surface area contributed by atoms with Gasteiger partial charge < -0.3 is 4.74 Å². The van der Waals surface area contributed by atoms with Crippen molar-refractivity contribution in [1.82, 2.24) is 0 Å². The van der Waals surface area contributed by atoms with Crippen molar-refractivity contribution in [2.75, 3.05) is 6.61 Å². The number of rotatable bonds is 5. The molecule has 0 heterocycles. The predicted molar refractivity (Wildman–Crippen MR) is 65.7 cm³/mol. The van der Waals surface area contributed by atoms with E-state index in [1.807, 2.05) is 31.2 Å². The predicted octanol–water partition coefficient (Wildman–Crippen LogP) is 3.57. The Kier molecular flexibility index (Phi) is 5.36. The zero-order valence-electron chi connectivity index (χ0n) is 8.87. The average Bonchev–Trinajstić information content (AvgIpc) is 2.25. The number of carbonyl (C=O) groups is 1. The largest absolute Gasteiger partial charge is 0.475 e. The molecular formula is C12H12Cl2O2. The molecule has 0 aliphatic carbocycles. The van der Waals surface area contributed by atoms with Crippen molar-refractivity contribution in [2.24, 2.45) is 0 Å². The van der Waals surface area contributed by atoms with Crippen LogP contribution in [0.15, 0.2) is 35.1 Å². The van der Waals surface area contributed by atoms with Gasteiger partial charge in [-0.2, -0.15) is 0 Å². The number of benzene rings is 1. The van der Waals surface area contributed by atoms with Gasteiger partial charge in [-0.15, -0.1) is 0 Å². The lowest BCUT2D eigenvalue weighted by Gasteiger charge is -2.06. The Bertz CT molecular complexity index is 400. The monoisotopic (exact) mass is 258 g/mol. The summed E-state index contributed by atoms with van der Waals surface area (Å²) in [5.74, 6) is 0. The van der Waals surface area contributed by atoms with Gasteiger partial charge in [-0.1, -0.05) is 23.7 Å². The van der Waals surface area contributed by atoms with Gasteiger partial charge in [0.25, 0.3) is 0 Å². The fourth-order valence-electron chi connectivity index (χ4n) is 1.25. The molecule has 16 heavy (non-hydrogen) atoms. The maximum Gasteiger partial charge on any atom is 0.186 e. The highest BCUT2D eigenvalue weighted by atomic mass is 35.5. The molecule has 0 N–H and O–H groups in total. The van der Waals surface area contributed by atoms with Crippen LogP contribution in [0.3, 0.4) is 0 Å². The lowest BCUT2D eigenvalue weighted by molar-refractivity contribution is -0.110. The first-order chi connectivity index (χ1) is 7.63. The third-order valence-corrected chi connectivity index (χ3v) is 2.64. The van der Waals surface area contributed by atoms with E-state index in [2.05, 4.69) is 0 Å². The van der Waals surface area contributed by atoms with Gasteiger partial charge in [0, 0.05) is 5.02 Å². The highest BCUT2D eigenvalue weighted by molar-refractivity contribution is 6.30. The van der Waals surface area contributed by atoms with Crippen LogP contribution < -0.4 is 0 Å². The third-order valence-electron chi connectivity index (χ3n) is 1.97. The van der Waals surface area contributed by atoms with Crippen molar-refractivity contribution >= 4 is 29.5 Å². The van der Waals surface area contributed by atoms with Gasteiger partial charge in [0.2, 0.25) is 0 Å². The molecule has 0 saturated carbocycles. The molecule has 0 aliphatic rings. The molecule has 0 radical (unpaired) electrons. The van der Waals surface area contributed by atoms with E-state index in [9.17, 15) is 4.79 Å². The Hall–Kier alpha value is -0.990. The lowest BCUT2D eigenvalue weighted by Crippen LogP contribution is -1.96. The molecule has 0 aromatic heterocycles. The normalized spacial score (nSPS) is 11.9. The van der Waals surface area contributed by atoms with E-state index in [0.29, 0.717) is 17.7 Å². The van der Waals surface area contributed by atoms with Crippen LogP contribution in [0.5, 0.6) is 0 Å². The van der Waals surface area contributed by atoms with Crippen LogP contribution in [0.4, 0.5) is 0 Å². The molecular weight excluding hydrogens is 247 g/mol. The summed E-state index contributed by atoms with van der Waals surface area (Å²) in [5, 5.41) is 0.960. The van der Waals surface area contributed by atoms with Crippen molar-refractivity contribution in [2.45, 2.75) is 13.3 Å². The van der Waals surface area contributed by atoms with Gasteiger partial charge in [0.05, 0.1) is 0 Å². The van der Waals surface area contributed by atoms with E-state index < -0.39 is 0 Å². The van der Waals surface area contributed by atoms with Crippen LogP contribution in [-0.2, 0) is 16.0 Å². The van der Waals surface area contributed by atoms with Crippen molar-refractivity contribution < 1.29 is 9.53 Å². The van der Waals surface area contributed by atoms with Crippen LogP contribution in [0, 0.1) is 0 Å². The molecule has 0 saturated heterocycles. The number of hydrogen-bond acceptors (Lipinski definition) is 2. The van der Waals surface area contributed by atoms with E-state index in [0.717, 1.165) is 11.1 Å². The number of hydrogen-bond donors (Lipinski definition) is 0. The molecule has 0 unspecified atom stereocenters. The summed E-state index contributed by atoms with van der Waals surface area (Å²) in [6, 6.07) is 7.52. The molecule has 0 atom stereocenters. The minimum absolute atomic E-state index is 0.0221. The summed E-state index contributed by atoms with van der Waals surface area (Å²) in [7, 11) is 0. The molecule has 1 rings (SSSR count). The molecule has 0 fully saturated rings. The number of halogens is 2. The highest BCUT2D eigenvalue weighted by Crippen LogP contribution is 2.18. The van der Waals surface area contributed by atoms with Crippen molar-refractivity contribution in [3.63, 3.8) is 0 Å². The second-order valence-corrected chi connectivity index (χ2v) is 4.12. The van der Waals surface area contributed by atoms with Crippen LogP contribution in [-0.4, -0.2) is 12.9 Å². The number of carbonyl (C=O) groups excluding carboxylic acids is 1. The Labute approximate surface area is 105 Å². The molecule has 2 nitrogen and oxygen atoms in total. The Morgan fingerprint density at radius 1 is 1.50 bits per heavy atom. The van der Waals surface area contributed by atoms with Gasteiger partial charge in [-0.3, -0.25) is 4.79 Å². The summed E-state index contributed by atoms with van der Waals surface area (Å²) in [5.41, 5.74) is 1.92.